The van der Waals surface area contributed by atoms with Gasteiger partial charge in [0.1, 0.15) is 0 Å². The first-order chi connectivity index (χ1) is 7.48. The van der Waals surface area contributed by atoms with Crippen LogP contribution in [0.15, 0.2) is 0 Å². The highest BCUT2D eigenvalue weighted by molar-refractivity contribution is 5.82. The number of hydrogen-bond acceptors (Lipinski definition) is 1. The maximum Gasteiger partial charge on any atom is 0.224 e. The summed E-state index contributed by atoms with van der Waals surface area (Å²) in [5.74, 6) is 2.36. The minimum atomic E-state index is -0.161. The standard InChI is InChI=1S/C14H25NO/c1-9(2)12-7-4-10(3)8-14(12,13(15)16)11-5-6-11/h9-12H,4-8H2,1-3H3,(H2,15,16). The van der Waals surface area contributed by atoms with Crippen molar-refractivity contribution in [3.63, 3.8) is 0 Å². The fraction of sp³-hybridized carbons (Fsp3) is 0.929. The highest BCUT2D eigenvalue weighted by Crippen LogP contribution is 2.59. The Kier molecular flexibility index (Phi) is 3.02. The summed E-state index contributed by atoms with van der Waals surface area (Å²) in [6.45, 7) is 6.78. The van der Waals surface area contributed by atoms with Gasteiger partial charge >= 0.3 is 0 Å². The van der Waals surface area contributed by atoms with Gasteiger partial charge in [-0.3, -0.25) is 4.79 Å². The first kappa shape index (κ1) is 11.9. The highest BCUT2D eigenvalue weighted by atomic mass is 16.1. The molecule has 0 aromatic carbocycles. The lowest BCUT2D eigenvalue weighted by molar-refractivity contribution is -0.138. The van der Waals surface area contributed by atoms with Crippen LogP contribution in [-0.4, -0.2) is 5.91 Å². The molecule has 0 aromatic rings. The van der Waals surface area contributed by atoms with Crippen molar-refractivity contribution in [2.75, 3.05) is 0 Å². The van der Waals surface area contributed by atoms with Crippen LogP contribution >= 0.6 is 0 Å². The fourth-order valence-corrected chi connectivity index (χ4v) is 4.03. The van der Waals surface area contributed by atoms with E-state index in [0.717, 1.165) is 6.42 Å². The van der Waals surface area contributed by atoms with Crippen LogP contribution in [0.4, 0.5) is 0 Å². The van der Waals surface area contributed by atoms with E-state index in [4.69, 9.17) is 5.73 Å². The van der Waals surface area contributed by atoms with Crippen LogP contribution in [0.25, 0.3) is 0 Å². The molecule has 3 atom stereocenters. The zero-order valence-corrected chi connectivity index (χ0v) is 10.8. The second-order valence-electron chi connectivity index (χ2n) is 6.42. The maximum absolute atomic E-state index is 12.0. The van der Waals surface area contributed by atoms with E-state index in [9.17, 15) is 4.79 Å². The minimum Gasteiger partial charge on any atom is -0.369 e. The van der Waals surface area contributed by atoms with Gasteiger partial charge in [-0.25, -0.2) is 0 Å². The second-order valence-corrected chi connectivity index (χ2v) is 6.42. The average Bonchev–Trinajstić information content (AvgIpc) is 2.99. The van der Waals surface area contributed by atoms with Gasteiger partial charge in [0.2, 0.25) is 5.91 Å². The lowest BCUT2D eigenvalue weighted by atomic mass is 9.57. The number of primary amides is 1. The Bertz CT molecular complexity index is 282. The van der Waals surface area contributed by atoms with Crippen molar-refractivity contribution in [3.8, 4) is 0 Å². The predicted octanol–water partition coefficient (Wildman–Crippen LogP) is 2.96. The van der Waals surface area contributed by atoms with Gasteiger partial charge in [-0.05, 0) is 49.4 Å². The summed E-state index contributed by atoms with van der Waals surface area (Å²) >= 11 is 0. The molecule has 3 unspecified atom stereocenters. The third kappa shape index (κ3) is 1.76. The van der Waals surface area contributed by atoms with Gasteiger partial charge in [0.05, 0.1) is 5.41 Å². The molecule has 0 bridgehead atoms. The molecule has 1 amide bonds. The molecule has 2 aliphatic rings. The van der Waals surface area contributed by atoms with Crippen molar-refractivity contribution in [2.45, 2.75) is 52.9 Å². The molecule has 0 saturated heterocycles. The monoisotopic (exact) mass is 223 g/mol. The van der Waals surface area contributed by atoms with Crippen LogP contribution in [0.3, 0.4) is 0 Å². The first-order valence-corrected chi connectivity index (χ1v) is 6.78. The SMILES string of the molecule is CC1CCC(C(C)C)C(C(N)=O)(C2CC2)C1. The Morgan fingerprint density at radius 3 is 2.31 bits per heavy atom. The number of hydrogen-bond donors (Lipinski definition) is 1. The highest BCUT2D eigenvalue weighted by Gasteiger charge is 2.56. The molecule has 0 radical (unpaired) electrons. The first-order valence-electron chi connectivity index (χ1n) is 6.78. The van der Waals surface area contributed by atoms with Gasteiger partial charge in [0, 0.05) is 0 Å². The van der Waals surface area contributed by atoms with Crippen LogP contribution in [0, 0.1) is 29.1 Å². The number of amides is 1. The van der Waals surface area contributed by atoms with Gasteiger partial charge < -0.3 is 5.73 Å². The third-order valence-corrected chi connectivity index (χ3v) is 4.89. The van der Waals surface area contributed by atoms with E-state index in [1.165, 1.54) is 25.7 Å². The summed E-state index contributed by atoms with van der Waals surface area (Å²) in [5, 5.41) is 0. The Labute approximate surface area is 99.0 Å². The molecule has 0 aromatic heterocycles. The summed E-state index contributed by atoms with van der Waals surface area (Å²) in [5.41, 5.74) is 5.63. The topological polar surface area (TPSA) is 43.1 Å². The van der Waals surface area contributed by atoms with E-state index >= 15 is 0 Å². The number of carbonyl (C=O) groups excluding carboxylic acids is 1. The molecule has 2 fully saturated rings. The molecule has 2 nitrogen and oxygen atoms in total. The summed E-state index contributed by atoms with van der Waals surface area (Å²) in [4.78, 5) is 12.0. The van der Waals surface area contributed by atoms with Crippen LogP contribution < -0.4 is 5.73 Å². The molecular weight excluding hydrogens is 198 g/mol. The molecule has 2 N–H and O–H groups in total. The van der Waals surface area contributed by atoms with E-state index in [1.54, 1.807) is 0 Å². The van der Waals surface area contributed by atoms with Gasteiger partial charge in [-0.15, -0.1) is 0 Å². The molecule has 2 saturated carbocycles. The summed E-state index contributed by atoms with van der Waals surface area (Å²) in [6.07, 6.45) is 5.94. The maximum atomic E-state index is 12.0. The summed E-state index contributed by atoms with van der Waals surface area (Å²) < 4.78 is 0. The number of nitrogens with two attached hydrogens (primary N) is 1. The average molecular weight is 223 g/mol. The second kappa shape index (κ2) is 4.05. The van der Waals surface area contributed by atoms with Crippen molar-refractivity contribution >= 4 is 5.91 Å². The van der Waals surface area contributed by atoms with E-state index in [0.29, 0.717) is 23.7 Å². The molecular formula is C14H25NO. The van der Waals surface area contributed by atoms with Gasteiger partial charge in [-0.1, -0.05) is 27.2 Å². The van der Waals surface area contributed by atoms with Gasteiger partial charge in [0.15, 0.2) is 0 Å². The summed E-state index contributed by atoms with van der Waals surface area (Å²) in [7, 11) is 0. The largest absolute Gasteiger partial charge is 0.369 e. The molecule has 0 aliphatic heterocycles. The van der Waals surface area contributed by atoms with Crippen molar-refractivity contribution in [1.82, 2.24) is 0 Å². The molecule has 0 heterocycles. The van der Waals surface area contributed by atoms with Gasteiger partial charge in [-0.2, -0.15) is 0 Å². The fourth-order valence-electron chi connectivity index (χ4n) is 4.03. The molecule has 2 heteroatoms. The molecule has 0 spiro atoms. The summed E-state index contributed by atoms with van der Waals surface area (Å²) in [6, 6.07) is 0. The van der Waals surface area contributed by atoms with Crippen molar-refractivity contribution in [3.05, 3.63) is 0 Å². The minimum absolute atomic E-state index is 0.0137. The van der Waals surface area contributed by atoms with E-state index < -0.39 is 0 Å². The lowest BCUT2D eigenvalue weighted by Gasteiger charge is -2.46. The van der Waals surface area contributed by atoms with Crippen molar-refractivity contribution in [1.29, 1.82) is 0 Å². The smallest absolute Gasteiger partial charge is 0.224 e. The third-order valence-electron chi connectivity index (χ3n) is 4.89. The normalized spacial score (nSPS) is 40.0. The quantitative estimate of drug-likeness (QED) is 0.785. The lowest BCUT2D eigenvalue weighted by Crippen LogP contribution is -2.50. The van der Waals surface area contributed by atoms with E-state index in [2.05, 4.69) is 20.8 Å². The predicted molar refractivity (Wildman–Crippen MR) is 65.7 cm³/mol. The molecule has 92 valence electrons. The molecule has 2 aliphatic carbocycles. The van der Waals surface area contributed by atoms with Crippen LogP contribution in [0.5, 0.6) is 0 Å². The van der Waals surface area contributed by atoms with Gasteiger partial charge in [0.25, 0.3) is 0 Å². The van der Waals surface area contributed by atoms with Crippen LogP contribution in [-0.2, 0) is 4.79 Å². The molecule has 16 heavy (non-hydrogen) atoms. The molecule has 2 rings (SSSR count). The van der Waals surface area contributed by atoms with E-state index in [1.807, 2.05) is 0 Å². The zero-order valence-electron chi connectivity index (χ0n) is 10.8. The van der Waals surface area contributed by atoms with Crippen LogP contribution in [0.1, 0.15) is 52.9 Å². The number of rotatable bonds is 3. The zero-order chi connectivity index (χ0) is 11.9. The van der Waals surface area contributed by atoms with Crippen LogP contribution in [0.2, 0.25) is 0 Å². The Balaban J connectivity index is 2.31. The number of carbonyl (C=O) groups is 1. The van der Waals surface area contributed by atoms with Crippen molar-refractivity contribution < 1.29 is 4.79 Å². The van der Waals surface area contributed by atoms with E-state index in [-0.39, 0.29) is 11.3 Å². The Morgan fingerprint density at radius 2 is 1.88 bits per heavy atom. The Morgan fingerprint density at radius 1 is 1.25 bits per heavy atom. The van der Waals surface area contributed by atoms with Crippen molar-refractivity contribution in [2.24, 2.45) is 34.8 Å². The Hall–Kier alpha value is -0.530.